The predicted octanol–water partition coefficient (Wildman–Crippen LogP) is 4.44. The van der Waals surface area contributed by atoms with Gasteiger partial charge >= 0.3 is 0 Å². The molecule has 0 saturated carbocycles. The summed E-state index contributed by atoms with van der Waals surface area (Å²) in [4.78, 5) is 14.1. The molecule has 0 unspecified atom stereocenters. The molecule has 3 rings (SSSR count). The first-order valence-electron chi connectivity index (χ1n) is 8.87. The summed E-state index contributed by atoms with van der Waals surface area (Å²) in [5.41, 5.74) is 5.79. The Bertz CT molecular complexity index is 1090. The third-order valence-corrected chi connectivity index (χ3v) is 5.05. The lowest BCUT2D eigenvalue weighted by Gasteiger charge is -2.14. The smallest absolute Gasteiger partial charge is 0.253 e. The van der Waals surface area contributed by atoms with E-state index in [-0.39, 0.29) is 5.91 Å². The van der Waals surface area contributed by atoms with Crippen molar-refractivity contribution in [1.82, 2.24) is 14.7 Å². The standard InChI is InChI=1S/C22H21ClN4O/c1-14-21(16-9-10-17(12-24)20(23)11-16)15(2)27(25-14)13-18-7-5-6-8-19(18)22(28)26(3)4/h5-11H,13H2,1-4H3. The summed E-state index contributed by atoms with van der Waals surface area (Å²) >= 11 is 6.21. The van der Waals surface area contributed by atoms with Gasteiger partial charge in [-0.3, -0.25) is 9.48 Å². The van der Waals surface area contributed by atoms with Gasteiger partial charge in [0.1, 0.15) is 6.07 Å². The van der Waals surface area contributed by atoms with E-state index in [1.807, 2.05) is 48.9 Å². The highest BCUT2D eigenvalue weighted by Crippen LogP contribution is 2.31. The first kappa shape index (κ1) is 19.7. The normalized spacial score (nSPS) is 10.6. The molecule has 0 aliphatic rings. The van der Waals surface area contributed by atoms with E-state index in [1.165, 1.54) is 0 Å². The van der Waals surface area contributed by atoms with Crippen molar-refractivity contribution in [3.63, 3.8) is 0 Å². The Morgan fingerprint density at radius 1 is 1.21 bits per heavy atom. The number of carbonyl (C=O) groups is 1. The molecule has 5 nitrogen and oxygen atoms in total. The minimum Gasteiger partial charge on any atom is -0.345 e. The van der Waals surface area contributed by atoms with Crippen LogP contribution in [0.3, 0.4) is 0 Å². The van der Waals surface area contributed by atoms with E-state index in [9.17, 15) is 4.79 Å². The SMILES string of the molecule is Cc1nn(Cc2ccccc2C(=O)N(C)C)c(C)c1-c1ccc(C#N)c(Cl)c1. The summed E-state index contributed by atoms with van der Waals surface area (Å²) in [6.07, 6.45) is 0. The number of hydrogen-bond donors (Lipinski definition) is 0. The Morgan fingerprint density at radius 2 is 1.93 bits per heavy atom. The zero-order valence-electron chi connectivity index (χ0n) is 16.3. The molecule has 0 N–H and O–H groups in total. The monoisotopic (exact) mass is 392 g/mol. The molecule has 0 aliphatic carbocycles. The van der Waals surface area contributed by atoms with Crippen LogP contribution in [0.25, 0.3) is 11.1 Å². The van der Waals surface area contributed by atoms with Crippen LogP contribution >= 0.6 is 11.6 Å². The van der Waals surface area contributed by atoms with Gasteiger partial charge in [0, 0.05) is 30.9 Å². The number of amides is 1. The zero-order chi connectivity index (χ0) is 20.4. The van der Waals surface area contributed by atoms with E-state index in [2.05, 4.69) is 11.2 Å². The number of halogens is 1. The molecule has 0 fully saturated rings. The van der Waals surface area contributed by atoms with Crippen molar-refractivity contribution in [3.8, 4) is 17.2 Å². The average Bonchev–Trinajstić information content (AvgIpc) is 2.94. The fraction of sp³-hybridized carbons (Fsp3) is 0.227. The molecular weight excluding hydrogens is 372 g/mol. The Kier molecular flexibility index (Phi) is 5.53. The highest BCUT2D eigenvalue weighted by Gasteiger charge is 2.18. The van der Waals surface area contributed by atoms with Crippen LogP contribution in [-0.2, 0) is 6.54 Å². The number of nitriles is 1. The zero-order valence-corrected chi connectivity index (χ0v) is 17.1. The van der Waals surface area contributed by atoms with Crippen LogP contribution in [0.1, 0.15) is 32.9 Å². The second-order valence-corrected chi connectivity index (χ2v) is 7.27. The predicted molar refractivity (Wildman–Crippen MR) is 110 cm³/mol. The van der Waals surface area contributed by atoms with Crippen LogP contribution in [0.4, 0.5) is 0 Å². The topological polar surface area (TPSA) is 61.9 Å². The molecule has 142 valence electrons. The molecule has 1 amide bonds. The van der Waals surface area contributed by atoms with E-state index in [4.69, 9.17) is 16.9 Å². The quantitative estimate of drug-likeness (QED) is 0.659. The van der Waals surface area contributed by atoms with Gasteiger partial charge < -0.3 is 4.90 Å². The highest BCUT2D eigenvalue weighted by molar-refractivity contribution is 6.32. The third kappa shape index (κ3) is 3.64. The van der Waals surface area contributed by atoms with Gasteiger partial charge in [-0.1, -0.05) is 35.9 Å². The van der Waals surface area contributed by atoms with Gasteiger partial charge in [-0.25, -0.2) is 0 Å². The minimum absolute atomic E-state index is 0.0313. The molecule has 0 radical (unpaired) electrons. The van der Waals surface area contributed by atoms with Crippen LogP contribution in [0.5, 0.6) is 0 Å². The van der Waals surface area contributed by atoms with Crippen LogP contribution in [-0.4, -0.2) is 34.7 Å². The fourth-order valence-electron chi connectivity index (χ4n) is 3.30. The van der Waals surface area contributed by atoms with Gasteiger partial charge in [0.15, 0.2) is 0 Å². The molecule has 3 aromatic rings. The third-order valence-electron chi connectivity index (χ3n) is 4.73. The van der Waals surface area contributed by atoms with E-state index in [1.54, 1.807) is 31.1 Å². The van der Waals surface area contributed by atoms with Crippen LogP contribution in [0.15, 0.2) is 42.5 Å². The van der Waals surface area contributed by atoms with Gasteiger partial charge in [-0.05, 0) is 43.2 Å². The van der Waals surface area contributed by atoms with Crippen LogP contribution in [0, 0.1) is 25.2 Å². The number of benzene rings is 2. The number of aromatic nitrogens is 2. The Balaban J connectivity index is 2.02. The lowest BCUT2D eigenvalue weighted by atomic mass is 10.0. The molecule has 1 heterocycles. The number of hydrogen-bond acceptors (Lipinski definition) is 3. The van der Waals surface area contributed by atoms with Crippen molar-refractivity contribution in [2.45, 2.75) is 20.4 Å². The molecule has 2 aromatic carbocycles. The molecule has 0 spiro atoms. The molecule has 0 atom stereocenters. The van der Waals surface area contributed by atoms with E-state index < -0.39 is 0 Å². The maximum atomic E-state index is 12.5. The van der Waals surface area contributed by atoms with E-state index in [0.29, 0.717) is 22.7 Å². The molecule has 0 aliphatic heterocycles. The van der Waals surface area contributed by atoms with Gasteiger partial charge in [0.05, 0.1) is 22.8 Å². The molecule has 6 heteroatoms. The number of aryl methyl sites for hydroxylation is 1. The van der Waals surface area contributed by atoms with Crippen LogP contribution < -0.4 is 0 Å². The molecule has 1 aromatic heterocycles. The second-order valence-electron chi connectivity index (χ2n) is 6.87. The summed E-state index contributed by atoms with van der Waals surface area (Å²) in [5.74, 6) is -0.0313. The largest absolute Gasteiger partial charge is 0.345 e. The van der Waals surface area contributed by atoms with Gasteiger partial charge in [0.2, 0.25) is 0 Å². The fourth-order valence-corrected chi connectivity index (χ4v) is 3.52. The summed E-state index contributed by atoms with van der Waals surface area (Å²) < 4.78 is 1.90. The number of carbonyl (C=O) groups excluding carboxylic acids is 1. The average molecular weight is 393 g/mol. The Labute approximate surface area is 169 Å². The first-order chi connectivity index (χ1) is 13.3. The van der Waals surface area contributed by atoms with Crippen molar-refractivity contribution in [2.75, 3.05) is 14.1 Å². The number of rotatable bonds is 4. The van der Waals surface area contributed by atoms with Gasteiger partial charge in [-0.15, -0.1) is 0 Å². The van der Waals surface area contributed by atoms with Crippen molar-refractivity contribution in [3.05, 3.63) is 75.6 Å². The van der Waals surface area contributed by atoms with Crippen molar-refractivity contribution in [1.29, 1.82) is 5.26 Å². The lowest BCUT2D eigenvalue weighted by molar-refractivity contribution is 0.0826. The molecule has 0 saturated heterocycles. The molecular formula is C22H21ClN4O. The lowest BCUT2D eigenvalue weighted by Crippen LogP contribution is -2.23. The summed E-state index contributed by atoms with van der Waals surface area (Å²) in [5, 5.41) is 14.2. The Hall–Kier alpha value is -3.10. The van der Waals surface area contributed by atoms with Gasteiger partial charge in [-0.2, -0.15) is 10.4 Å². The minimum atomic E-state index is -0.0313. The molecule has 0 bridgehead atoms. The number of nitrogens with zero attached hydrogens (tertiary/aromatic N) is 4. The second kappa shape index (κ2) is 7.87. The summed E-state index contributed by atoms with van der Waals surface area (Å²) in [6, 6.07) is 15.1. The van der Waals surface area contributed by atoms with Crippen molar-refractivity contribution in [2.24, 2.45) is 0 Å². The van der Waals surface area contributed by atoms with E-state index in [0.717, 1.165) is 28.1 Å². The van der Waals surface area contributed by atoms with Crippen molar-refractivity contribution >= 4 is 17.5 Å². The van der Waals surface area contributed by atoms with E-state index >= 15 is 0 Å². The first-order valence-corrected chi connectivity index (χ1v) is 9.25. The van der Waals surface area contributed by atoms with Gasteiger partial charge in [0.25, 0.3) is 5.91 Å². The summed E-state index contributed by atoms with van der Waals surface area (Å²) in [7, 11) is 3.49. The highest BCUT2D eigenvalue weighted by atomic mass is 35.5. The maximum Gasteiger partial charge on any atom is 0.253 e. The maximum absolute atomic E-state index is 12.5. The molecule has 28 heavy (non-hydrogen) atoms. The van der Waals surface area contributed by atoms with Crippen molar-refractivity contribution < 1.29 is 4.79 Å². The Morgan fingerprint density at radius 3 is 2.57 bits per heavy atom. The van der Waals surface area contributed by atoms with Crippen LogP contribution in [0.2, 0.25) is 5.02 Å². The summed E-state index contributed by atoms with van der Waals surface area (Å²) in [6.45, 7) is 4.44.